The predicted molar refractivity (Wildman–Crippen MR) is 56.7 cm³/mol. The molecule has 0 amide bonds. The van der Waals surface area contributed by atoms with Crippen molar-refractivity contribution in [2.75, 3.05) is 7.05 Å². The molecule has 4 heteroatoms. The lowest BCUT2D eigenvalue weighted by atomic mass is 9.75. The van der Waals surface area contributed by atoms with E-state index in [1.807, 2.05) is 27.7 Å². The van der Waals surface area contributed by atoms with Crippen LogP contribution in [0.4, 0.5) is 0 Å². The zero-order valence-corrected chi connectivity index (χ0v) is 9.61. The fraction of sp³-hybridized carbons (Fsp3) is 0.700. The van der Waals surface area contributed by atoms with Crippen molar-refractivity contribution < 1.29 is 4.79 Å². The van der Waals surface area contributed by atoms with Crippen LogP contribution in [0.15, 0.2) is 23.1 Å². The Kier molecular flexibility index (Phi) is 3.98. The van der Waals surface area contributed by atoms with Crippen molar-refractivity contribution in [3.8, 4) is 0 Å². The van der Waals surface area contributed by atoms with E-state index in [-0.39, 0.29) is 0 Å². The van der Waals surface area contributed by atoms with E-state index in [2.05, 4.69) is 16.9 Å². The molecule has 0 fully saturated rings. The molecule has 0 heterocycles. The summed E-state index contributed by atoms with van der Waals surface area (Å²) in [6.07, 6.45) is 2.49. The van der Waals surface area contributed by atoms with Gasteiger partial charge in [0.15, 0.2) is 0 Å². The fourth-order valence-corrected chi connectivity index (χ4v) is 0.912. The minimum Gasteiger partial charge on any atom is -0.303 e. The van der Waals surface area contributed by atoms with E-state index >= 15 is 0 Å². The lowest BCUT2D eigenvalue weighted by Crippen LogP contribution is -2.50. The maximum atomic E-state index is 11.0. The van der Waals surface area contributed by atoms with Crippen LogP contribution in [-0.2, 0) is 4.79 Å². The Bertz CT molecular complexity index is 244. The van der Waals surface area contributed by atoms with Gasteiger partial charge in [0.05, 0.1) is 12.6 Å². The Morgan fingerprint density at radius 3 is 2.07 bits per heavy atom. The molecular weight excluding hydrogens is 178 g/mol. The van der Waals surface area contributed by atoms with Gasteiger partial charge in [-0.05, 0) is 13.8 Å². The van der Waals surface area contributed by atoms with Crippen LogP contribution >= 0.6 is 0 Å². The molecule has 0 atom stereocenters. The summed E-state index contributed by atoms with van der Waals surface area (Å²) in [7, 11) is 1.58. The molecule has 0 aliphatic heterocycles. The van der Waals surface area contributed by atoms with Gasteiger partial charge in [-0.25, -0.2) is 5.01 Å². The summed E-state index contributed by atoms with van der Waals surface area (Å²) in [5.74, 6) is 0. The molecule has 0 aromatic heterocycles. The van der Waals surface area contributed by atoms with E-state index in [9.17, 15) is 4.79 Å². The summed E-state index contributed by atoms with van der Waals surface area (Å²) in [5, 5.41) is 9.19. The first-order valence-electron chi connectivity index (χ1n) is 4.51. The fourth-order valence-electron chi connectivity index (χ4n) is 0.912. The highest BCUT2D eigenvalue weighted by atomic mass is 16.1. The average molecular weight is 197 g/mol. The van der Waals surface area contributed by atoms with Gasteiger partial charge in [-0.15, -0.1) is 0 Å². The number of carbonyl (C=O) groups excluding carboxylic acids is 1. The third-order valence-corrected chi connectivity index (χ3v) is 2.80. The molecule has 0 rings (SSSR count). The molecule has 0 aliphatic carbocycles. The van der Waals surface area contributed by atoms with Crippen LogP contribution in [0.25, 0.3) is 0 Å². The van der Waals surface area contributed by atoms with Crippen molar-refractivity contribution in [1.29, 1.82) is 0 Å². The summed E-state index contributed by atoms with van der Waals surface area (Å²) in [5.41, 5.74) is -0.967. The molecule has 0 radical (unpaired) electrons. The predicted octanol–water partition coefficient (Wildman–Crippen LogP) is 2.43. The first-order valence-corrected chi connectivity index (χ1v) is 4.51. The number of hydrogen-bond donors (Lipinski definition) is 0. The van der Waals surface area contributed by atoms with Crippen LogP contribution in [0.3, 0.4) is 0 Å². The van der Waals surface area contributed by atoms with E-state index in [0.29, 0.717) is 0 Å². The van der Waals surface area contributed by atoms with Crippen molar-refractivity contribution in [3.05, 3.63) is 12.8 Å². The van der Waals surface area contributed by atoms with Gasteiger partial charge in [0.2, 0.25) is 0 Å². The number of hydrogen-bond acceptors (Lipinski definition) is 3. The Hall–Kier alpha value is -1.19. The van der Waals surface area contributed by atoms with E-state index in [0.717, 1.165) is 6.29 Å². The van der Waals surface area contributed by atoms with E-state index < -0.39 is 11.0 Å². The summed E-state index contributed by atoms with van der Waals surface area (Å²) in [6, 6.07) is 0. The van der Waals surface area contributed by atoms with Crippen LogP contribution in [0, 0.1) is 5.41 Å². The molecule has 0 N–H and O–H groups in total. The zero-order valence-electron chi connectivity index (χ0n) is 9.61. The van der Waals surface area contributed by atoms with Gasteiger partial charge in [-0.3, -0.25) is 0 Å². The number of carbonyl (C=O) groups is 1. The smallest absolute Gasteiger partial charge is 0.127 e. The van der Waals surface area contributed by atoms with Gasteiger partial charge < -0.3 is 4.79 Å². The third-order valence-electron chi connectivity index (χ3n) is 2.80. The highest BCUT2D eigenvalue weighted by molar-refractivity contribution is 5.60. The summed E-state index contributed by atoms with van der Waals surface area (Å²) < 4.78 is 0. The van der Waals surface area contributed by atoms with E-state index in [1.165, 1.54) is 0 Å². The molecule has 80 valence electrons. The maximum absolute atomic E-state index is 11.0. The molecule has 0 spiro atoms. The van der Waals surface area contributed by atoms with Crippen molar-refractivity contribution in [3.63, 3.8) is 0 Å². The molecule has 0 saturated carbocycles. The summed E-state index contributed by atoms with van der Waals surface area (Å²) >= 11 is 0. The topological polar surface area (TPSA) is 45.0 Å². The largest absolute Gasteiger partial charge is 0.303 e. The normalized spacial score (nSPS) is 12.9. The lowest BCUT2D eigenvalue weighted by molar-refractivity contribution is -0.121. The van der Waals surface area contributed by atoms with Gasteiger partial charge in [0.25, 0.3) is 0 Å². The van der Waals surface area contributed by atoms with Crippen LogP contribution < -0.4 is 0 Å². The monoisotopic (exact) mass is 197 g/mol. The molecule has 0 aromatic rings. The molecule has 0 aromatic carbocycles. The van der Waals surface area contributed by atoms with Crippen molar-refractivity contribution >= 4 is 6.29 Å². The Morgan fingerprint density at radius 1 is 1.29 bits per heavy atom. The number of rotatable bonds is 5. The second-order valence-corrected chi connectivity index (χ2v) is 4.22. The minimum absolute atomic E-state index is 0.448. The summed E-state index contributed by atoms with van der Waals surface area (Å²) in [6.45, 7) is 11.2. The second kappa shape index (κ2) is 4.35. The zero-order chi connectivity index (χ0) is 11.4. The van der Waals surface area contributed by atoms with Gasteiger partial charge in [-0.1, -0.05) is 25.6 Å². The molecule has 0 unspecified atom stereocenters. The quantitative estimate of drug-likeness (QED) is 0.386. The second-order valence-electron chi connectivity index (χ2n) is 4.22. The maximum Gasteiger partial charge on any atom is 0.127 e. The SMILES string of the molecule is C=CN(/N=N\C)C(C)(C)C(C)(C)C=O. The standard InChI is InChI=1S/C10H19N3O/c1-7-13(12-11-6)10(4,5)9(2,3)8-14/h7-8H,1H2,2-6H3/b12-11-. The average Bonchev–Trinajstić information content (AvgIpc) is 2.13. The molecule has 0 saturated heterocycles. The molecule has 0 bridgehead atoms. The Labute approximate surface area is 85.7 Å². The van der Waals surface area contributed by atoms with E-state index in [4.69, 9.17) is 0 Å². The molecule has 4 nitrogen and oxygen atoms in total. The Balaban J connectivity index is 5.08. The molecular formula is C10H19N3O. The van der Waals surface area contributed by atoms with Crippen molar-refractivity contribution in [1.82, 2.24) is 5.01 Å². The number of aldehydes is 1. The van der Waals surface area contributed by atoms with Crippen molar-refractivity contribution in [2.24, 2.45) is 15.8 Å². The van der Waals surface area contributed by atoms with E-state index in [1.54, 1.807) is 18.3 Å². The van der Waals surface area contributed by atoms with Crippen LogP contribution in [0.5, 0.6) is 0 Å². The summed E-state index contributed by atoms with van der Waals surface area (Å²) in [4.78, 5) is 11.0. The molecule has 14 heavy (non-hydrogen) atoms. The van der Waals surface area contributed by atoms with Gasteiger partial charge in [0.1, 0.15) is 6.29 Å². The van der Waals surface area contributed by atoms with Crippen LogP contribution in [0.1, 0.15) is 27.7 Å². The highest BCUT2D eigenvalue weighted by Crippen LogP contribution is 2.34. The lowest BCUT2D eigenvalue weighted by Gasteiger charge is -2.42. The van der Waals surface area contributed by atoms with Crippen molar-refractivity contribution in [2.45, 2.75) is 33.2 Å². The van der Waals surface area contributed by atoms with Crippen LogP contribution in [0.2, 0.25) is 0 Å². The first-order chi connectivity index (χ1) is 6.33. The first kappa shape index (κ1) is 12.8. The van der Waals surface area contributed by atoms with Crippen LogP contribution in [-0.4, -0.2) is 23.9 Å². The van der Waals surface area contributed by atoms with Gasteiger partial charge in [-0.2, -0.15) is 5.11 Å². The Morgan fingerprint density at radius 2 is 1.79 bits per heavy atom. The van der Waals surface area contributed by atoms with Gasteiger partial charge in [0, 0.05) is 11.6 Å². The third kappa shape index (κ3) is 2.19. The molecule has 0 aliphatic rings. The minimum atomic E-state index is -0.518. The van der Waals surface area contributed by atoms with Gasteiger partial charge >= 0.3 is 0 Å². The highest BCUT2D eigenvalue weighted by Gasteiger charge is 2.41. The number of nitrogens with zero attached hydrogens (tertiary/aromatic N) is 3.